The van der Waals surface area contributed by atoms with E-state index in [1.807, 2.05) is 44.7 Å². The molecule has 1 saturated carbocycles. The van der Waals surface area contributed by atoms with Gasteiger partial charge in [0.05, 0.1) is 29.1 Å². The number of nitrogens with zero attached hydrogens (tertiary/aromatic N) is 7. The van der Waals surface area contributed by atoms with Gasteiger partial charge in [-0.05, 0) is 69.6 Å². The first-order chi connectivity index (χ1) is 19.0. The third-order valence-corrected chi connectivity index (χ3v) is 8.20. The number of nitrogens with two attached hydrogens (primary N) is 1. The lowest BCUT2D eigenvalue weighted by molar-refractivity contribution is -0.0184. The number of aromatic nitrogens is 5. The Morgan fingerprint density at radius 1 is 1.21 bits per heavy atom. The molecule has 0 radical (unpaired) electrons. The fourth-order valence-electron chi connectivity index (χ4n) is 6.13. The standard InChI is InChI=1S/C29H35N9O/c1-36(2)16-21-9-20(14-30)10-25(11-21)39-24-4-7-37(8-5-24)23-12-29(13-23,18-31)38-17-22(15-35-38)27-26-3-6-32-28(26)34-19-33-27/h3,6,9-11,15,17,19,23-24H,4-5,7-8,12-13,16,18,31H2,1-2H3,(H,32,33,34). The van der Waals surface area contributed by atoms with Crippen LogP contribution in [-0.2, 0) is 12.1 Å². The summed E-state index contributed by atoms with van der Waals surface area (Å²) in [5, 5.41) is 15.2. The number of hydrogen-bond acceptors (Lipinski definition) is 8. The highest BCUT2D eigenvalue weighted by Gasteiger charge is 2.48. The Morgan fingerprint density at radius 2 is 2.03 bits per heavy atom. The SMILES string of the molecule is CN(C)Cc1cc(C#N)cc(OC2CCN(C3CC(CN)(n4cc(-c5ncnc6[nH]ccc56)cn4)C3)CC2)c1. The second kappa shape index (κ2) is 10.4. The van der Waals surface area contributed by atoms with Gasteiger partial charge in [0, 0.05) is 55.6 Å². The van der Waals surface area contributed by atoms with E-state index in [2.05, 4.69) is 47.8 Å². The van der Waals surface area contributed by atoms with Crippen LogP contribution >= 0.6 is 0 Å². The summed E-state index contributed by atoms with van der Waals surface area (Å²) in [6, 6.07) is 10.6. The van der Waals surface area contributed by atoms with Gasteiger partial charge < -0.3 is 20.4 Å². The molecule has 1 aromatic carbocycles. The Balaban J connectivity index is 1.07. The van der Waals surface area contributed by atoms with Gasteiger partial charge in [-0.25, -0.2) is 9.97 Å². The van der Waals surface area contributed by atoms with Crippen LogP contribution < -0.4 is 10.5 Å². The average molecular weight is 526 g/mol. The number of nitrogens with one attached hydrogen (secondary N) is 1. The van der Waals surface area contributed by atoms with Crippen molar-refractivity contribution in [2.24, 2.45) is 5.73 Å². The average Bonchev–Trinajstić information content (AvgIpc) is 3.59. The number of nitriles is 1. The molecule has 4 heterocycles. The number of hydrogen-bond donors (Lipinski definition) is 2. The first kappa shape index (κ1) is 25.5. The van der Waals surface area contributed by atoms with E-state index in [1.165, 1.54) is 0 Å². The lowest BCUT2D eigenvalue weighted by Gasteiger charge is -2.52. The van der Waals surface area contributed by atoms with E-state index in [4.69, 9.17) is 15.6 Å². The molecule has 1 aliphatic heterocycles. The van der Waals surface area contributed by atoms with E-state index >= 15 is 0 Å². The van der Waals surface area contributed by atoms with Crippen LogP contribution in [0.1, 0.15) is 36.8 Å². The summed E-state index contributed by atoms with van der Waals surface area (Å²) in [6.45, 7) is 3.32. The molecule has 6 rings (SSSR count). The molecule has 0 unspecified atom stereocenters. The molecule has 39 heavy (non-hydrogen) atoms. The summed E-state index contributed by atoms with van der Waals surface area (Å²) < 4.78 is 8.42. The van der Waals surface area contributed by atoms with Crippen molar-refractivity contribution < 1.29 is 4.74 Å². The number of benzene rings is 1. The number of ether oxygens (including phenoxy) is 1. The monoisotopic (exact) mass is 525 g/mol. The minimum atomic E-state index is -0.166. The molecular formula is C29H35N9O. The van der Waals surface area contributed by atoms with Crippen LogP contribution in [0.15, 0.2) is 49.2 Å². The molecule has 0 atom stereocenters. The normalized spacial score (nSPS) is 22.2. The van der Waals surface area contributed by atoms with Crippen LogP contribution in [0.4, 0.5) is 0 Å². The number of fused-ring (bicyclic) bond motifs is 1. The zero-order valence-electron chi connectivity index (χ0n) is 22.5. The first-order valence-corrected chi connectivity index (χ1v) is 13.6. The zero-order chi connectivity index (χ0) is 27.0. The lowest BCUT2D eigenvalue weighted by Crippen LogP contribution is -2.61. The molecule has 0 amide bonds. The van der Waals surface area contributed by atoms with Gasteiger partial charge in [-0.3, -0.25) is 9.58 Å². The fraction of sp³-hybridized carbons (Fsp3) is 0.448. The topological polar surface area (TPSA) is 125 Å². The third kappa shape index (κ3) is 5.01. The van der Waals surface area contributed by atoms with Gasteiger partial charge in [-0.15, -0.1) is 0 Å². The highest BCUT2D eigenvalue weighted by Crippen LogP contribution is 2.43. The molecule has 202 valence electrons. The number of H-pyrrole nitrogens is 1. The summed E-state index contributed by atoms with van der Waals surface area (Å²) in [7, 11) is 4.05. The van der Waals surface area contributed by atoms with E-state index < -0.39 is 0 Å². The van der Waals surface area contributed by atoms with Crippen LogP contribution in [0.2, 0.25) is 0 Å². The van der Waals surface area contributed by atoms with Crippen molar-refractivity contribution in [3.8, 4) is 23.1 Å². The molecule has 0 bridgehead atoms. The Hall–Kier alpha value is -3.78. The van der Waals surface area contributed by atoms with E-state index in [0.29, 0.717) is 18.2 Å². The molecular weight excluding hydrogens is 490 g/mol. The Kier molecular flexibility index (Phi) is 6.81. The van der Waals surface area contributed by atoms with Crippen molar-refractivity contribution in [2.45, 2.75) is 49.9 Å². The maximum absolute atomic E-state index is 9.45. The van der Waals surface area contributed by atoms with Gasteiger partial charge in [-0.2, -0.15) is 10.4 Å². The Labute approximate surface area is 228 Å². The maximum Gasteiger partial charge on any atom is 0.141 e. The van der Waals surface area contributed by atoms with Crippen molar-refractivity contribution in [3.05, 3.63) is 60.3 Å². The molecule has 4 aromatic rings. The van der Waals surface area contributed by atoms with Crippen molar-refractivity contribution in [1.29, 1.82) is 5.26 Å². The zero-order valence-corrected chi connectivity index (χ0v) is 22.5. The second-order valence-electron chi connectivity index (χ2n) is 11.2. The van der Waals surface area contributed by atoms with Crippen molar-refractivity contribution >= 4 is 11.0 Å². The van der Waals surface area contributed by atoms with Crippen molar-refractivity contribution in [1.82, 2.24) is 34.5 Å². The molecule has 2 aliphatic rings. The summed E-state index contributed by atoms with van der Waals surface area (Å²) in [4.78, 5) is 16.6. The first-order valence-electron chi connectivity index (χ1n) is 13.6. The largest absolute Gasteiger partial charge is 0.490 e. The summed E-state index contributed by atoms with van der Waals surface area (Å²) in [6.07, 6.45) is 11.5. The second-order valence-corrected chi connectivity index (χ2v) is 11.2. The van der Waals surface area contributed by atoms with Crippen LogP contribution in [0, 0.1) is 11.3 Å². The van der Waals surface area contributed by atoms with Crippen molar-refractivity contribution in [3.63, 3.8) is 0 Å². The van der Waals surface area contributed by atoms with Crippen LogP contribution in [0.25, 0.3) is 22.3 Å². The van der Waals surface area contributed by atoms with E-state index in [9.17, 15) is 5.26 Å². The van der Waals surface area contributed by atoms with Crippen LogP contribution in [0.3, 0.4) is 0 Å². The quantitative estimate of drug-likeness (QED) is 0.360. The van der Waals surface area contributed by atoms with Gasteiger partial charge in [0.25, 0.3) is 0 Å². The Bertz CT molecular complexity index is 1490. The summed E-state index contributed by atoms with van der Waals surface area (Å²) in [5.41, 5.74) is 10.6. The number of likely N-dealkylation sites (tertiary alicyclic amines) is 1. The molecule has 1 saturated heterocycles. The highest BCUT2D eigenvalue weighted by atomic mass is 16.5. The molecule has 10 nitrogen and oxygen atoms in total. The number of aromatic amines is 1. The predicted molar refractivity (Wildman–Crippen MR) is 149 cm³/mol. The van der Waals surface area contributed by atoms with Gasteiger partial charge in [0.15, 0.2) is 0 Å². The molecule has 3 aromatic heterocycles. The van der Waals surface area contributed by atoms with Crippen LogP contribution in [-0.4, -0.2) is 80.4 Å². The fourth-order valence-corrected chi connectivity index (χ4v) is 6.13. The Morgan fingerprint density at radius 3 is 2.77 bits per heavy atom. The smallest absolute Gasteiger partial charge is 0.141 e. The lowest BCUT2D eigenvalue weighted by atomic mass is 9.71. The summed E-state index contributed by atoms with van der Waals surface area (Å²) in [5.74, 6) is 0.797. The maximum atomic E-state index is 9.45. The highest BCUT2D eigenvalue weighted by molar-refractivity contribution is 5.90. The molecule has 3 N–H and O–H groups in total. The third-order valence-electron chi connectivity index (χ3n) is 8.20. The van der Waals surface area contributed by atoms with E-state index in [-0.39, 0.29) is 11.6 Å². The molecule has 10 heteroatoms. The predicted octanol–water partition coefficient (Wildman–Crippen LogP) is 3.11. The summed E-state index contributed by atoms with van der Waals surface area (Å²) >= 11 is 0. The van der Waals surface area contributed by atoms with E-state index in [0.717, 1.165) is 78.9 Å². The van der Waals surface area contributed by atoms with E-state index in [1.54, 1.807) is 6.33 Å². The molecule has 0 spiro atoms. The van der Waals surface area contributed by atoms with Crippen LogP contribution in [0.5, 0.6) is 5.75 Å². The molecule has 2 fully saturated rings. The van der Waals surface area contributed by atoms with Gasteiger partial charge >= 0.3 is 0 Å². The van der Waals surface area contributed by atoms with Gasteiger partial charge in [0.2, 0.25) is 0 Å². The minimum Gasteiger partial charge on any atom is -0.490 e. The molecule has 1 aliphatic carbocycles. The number of piperidine rings is 1. The number of rotatable bonds is 8. The van der Waals surface area contributed by atoms with Gasteiger partial charge in [0.1, 0.15) is 23.8 Å². The van der Waals surface area contributed by atoms with Crippen molar-refractivity contribution in [2.75, 3.05) is 33.7 Å². The minimum absolute atomic E-state index is 0.161. The van der Waals surface area contributed by atoms with Gasteiger partial charge in [-0.1, -0.05) is 0 Å².